The summed E-state index contributed by atoms with van der Waals surface area (Å²) in [7, 11) is 0. The molecule has 0 radical (unpaired) electrons. The van der Waals surface area contributed by atoms with Crippen molar-refractivity contribution in [2.75, 3.05) is 6.61 Å². The number of fused-ring (bicyclic) bond motifs is 7. The number of hydrogen-bond donors (Lipinski definition) is 1. The highest BCUT2D eigenvalue weighted by atomic mass is 16.7. The molecule has 12 atom stereocenters. The van der Waals surface area contributed by atoms with Gasteiger partial charge in [-0.3, -0.25) is 9.59 Å². The lowest BCUT2D eigenvalue weighted by molar-refractivity contribution is -0.272. The largest absolute Gasteiger partial charge is 0.385 e. The van der Waals surface area contributed by atoms with Crippen LogP contribution < -0.4 is 0 Å². The van der Waals surface area contributed by atoms with Gasteiger partial charge in [0.25, 0.3) is 0 Å². The lowest BCUT2D eigenvalue weighted by Crippen LogP contribution is -2.59. The van der Waals surface area contributed by atoms with Gasteiger partial charge in [-0.15, -0.1) is 0 Å². The number of aliphatic hydroxyl groups excluding tert-OH is 1. The average molecular weight is 445 g/mol. The fraction of sp³-hybridized carbons (Fsp3) is 0.926. The van der Waals surface area contributed by atoms with Gasteiger partial charge in [0.05, 0.1) is 12.7 Å². The van der Waals surface area contributed by atoms with Crippen LogP contribution in [0.2, 0.25) is 0 Å². The molecule has 6 aliphatic rings. The van der Waals surface area contributed by atoms with Crippen molar-refractivity contribution in [1.82, 2.24) is 0 Å². The second-order valence-electron chi connectivity index (χ2n) is 12.9. The van der Waals surface area contributed by atoms with Crippen LogP contribution in [0.1, 0.15) is 79.1 Å². The van der Waals surface area contributed by atoms with E-state index in [2.05, 4.69) is 27.7 Å². The molecule has 0 bridgehead atoms. The van der Waals surface area contributed by atoms with Crippen molar-refractivity contribution >= 4 is 11.6 Å². The summed E-state index contributed by atoms with van der Waals surface area (Å²) in [6.07, 6.45) is 6.12. The predicted octanol–water partition coefficient (Wildman–Crippen LogP) is 4.15. The molecular weight excluding hydrogens is 404 g/mol. The van der Waals surface area contributed by atoms with Crippen molar-refractivity contribution in [3.8, 4) is 0 Å². The smallest absolute Gasteiger partial charge is 0.171 e. The third-order valence-electron chi connectivity index (χ3n) is 11.6. The fourth-order valence-corrected chi connectivity index (χ4v) is 9.78. The first-order chi connectivity index (χ1) is 15.1. The van der Waals surface area contributed by atoms with Crippen LogP contribution >= 0.6 is 0 Å². The van der Waals surface area contributed by atoms with Crippen LogP contribution in [0, 0.1) is 52.3 Å². The van der Waals surface area contributed by atoms with Gasteiger partial charge in [0, 0.05) is 36.5 Å². The highest BCUT2D eigenvalue weighted by Gasteiger charge is 2.72. The van der Waals surface area contributed by atoms with E-state index in [0.717, 1.165) is 38.7 Å². The molecule has 0 aromatic rings. The van der Waals surface area contributed by atoms with Gasteiger partial charge in [-0.2, -0.15) is 0 Å². The van der Waals surface area contributed by atoms with Crippen LogP contribution in [0.4, 0.5) is 0 Å². The van der Waals surface area contributed by atoms with Crippen molar-refractivity contribution in [2.24, 2.45) is 52.3 Å². The van der Waals surface area contributed by atoms with Crippen LogP contribution in [0.5, 0.6) is 0 Å². The van der Waals surface area contributed by atoms with Crippen LogP contribution in [0.3, 0.4) is 0 Å². The number of carbonyl (C=O) groups is 2. The molecule has 5 heteroatoms. The van der Waals surface area contributed by atoms with Crippen molar-refractivity contribution in [1.29, 1.82) is 0 Å². The van der Waals surface area contributed by atoms with E-state index in [1.165, 1.54) is 0 Å². The first kappa shape index (κ1) is 21.7. The van der Waals surface area contributed by atoms with Crippen LogP contribution in [0.25, 0.3) is 0 Å². The highest BCUT2D eigenvalue weighted by Crippen LogP contribution is 2.70. The maximum absolute atomic E-state index is 14.0. The van der Waals surface area contributed by atoms with Gasteiger partial charge in [0.1, 0.15) is 11.9 Å². The van der Waals surface area contributed by atoms with E-state index in [-0.39, 0.29) is 40.5 Å². The summed E-state index contributed by atoms with van der Waals surface area (Å²) < 4.78 is 13.1. The minimum atomic E-state index is -0.802. The number of carbonyl (C=O) groups excluding carboxylic acids is 2. The molecule has 4 aliphatic carbocycles. The molecule has 0 amide bonds. The molecule has 0 unspecified atom stereocenters. The molecule has 6 fully saturated rings. The van der Waals surface area contributed by atoms with Gasteiger partial charge in [-0.05, 0) is 67.1 Å². The summed E-state index contributed by atoms with van der Waals surface area (Å²) in [6.45, 7) is 9.75. The maximum atomic E-state index is 14.0. The molecule has 0 aromatic heterocycles. The fourth-order valence-electron chi connectivity index (χ4n) is 9.78. The SMILES string of the molecule is C[C@H]1CC[C@@]2(OC1)O[C@H]1C[C@H]3[C@@H]4CC[C@H]5C[C@H](O)C(=O)C[C@]5(C)[C@H]4CC(=O)[C@]3(C)[C@H]1[C@@H]2C. The number of aliphatic hydroxyl groups is 1. The van der Waals surface area contributed by atoms with Crippen molar-refractivity contribution in [2.45, 2.75) is 97.1 Å². The van der Waals surface area contributed by atoms with Crippen LogP contribution in [-0.4, -0.2) is 41.3 Å². The Kier molecular flexibility index (Phi) is 4.68. The van der Waals surface area contributed by atoms with E-state index in [1.807, 2.05) is 0 Å². The van der Waals surface area contributed by atoms with Gasteiger partial charge in [0.2, 0.25) is 0 Å². The van der Waals surface area contributed by atoms with Gasteiger partial charge < -0.3 is 14.6 Å². The monoisotopic (exact) mass is 444 g/mol. The minimum Gasteiger partial charge on any atom is -0.385 e. The van der Waals surface area contributed by atoms with Crippen LogP contribution in [-0.2, 0) is 19.1 Å². The number of hydrogen-bond acceptors (Lipinski definition) is 5. The summed E-state index contributed by atoms with van der Waals surface area (Å²) in [5, 5.41) is 10.2. The van der Waals surface area contributed by atoms with E-state index >= 15 is 0 Å². The molecule has 2 saturated heterocycles. The molecule has 0 aromatic carbocycles. The Morgan fingerprint density at radius 1 is 1.03 bits per heavy atom. The van der Waals surface area contributed by atoms with Gasteiger partial charge in [0.15, 0.2) is 11.6 Å². The van der Waals surface area contributed by atoms with E-state index < -0.39 is 11.9 Å². The quantitative estimate of drug-likeness (QED) is 0.608. The third kappa shape index (κ3) is 2.62. The Bertz CT molecular complexity index is 830. The molecule has 178 valence electrons. The summed E-state index contributed by atoms with van der Waals surface area (Å²) in [4.78, 5) is 26.5. The molecule has 2 aliphatic heterocycles. The Morgan fingerprint density at radius 2 is 1.81 bits per heavy atom. The standard InChI is InChI=1S/C27H40O5/c1-14-7-8-27(31-13-14)15(2)24-22(32-27)10-19-17-6-5-16-9-20(28)21(29)12-25(16,3)18(17)11-23(30)26(19,24)4/h14-20,22,24,28H,5-13H2,1-4H3/t14-,15-,16-,17+,18-,19-,20-,22-,24-,25-,26+,27+/m0/s1. The Morgan fingerprint density at radius 3 is 2.53 bits per heavy atom. The number of Topliss-reactive ketones (excluding diaryl/α,β-unsaturated/α-hetero) is 2. The zero-order valence-electron chi connectivity index (χ0n) is 20.1. The van der Waals surface area contributed by atoms with Crippen molar-refractivity contribution in [3.63, 3.8) is 0 Å². The molecule has 5 nitrogen and oxygen atoms in total. The molecule has 32 heavy (non-hydrogen) atoms. The lowest BCUT2D eigenvalue weighted by atomic mass is 9.44. The van der Waals surface area contributed by atoms with Crippen molar-refractivity contribution < 1.29 is 24.2 Å². The number of rotatable bonds is 0. The third-order valence-corrected chi connectivity index (χ3v) is 11.6. The van der Waals surface area contributed by atoms with Gasteiger partial charge in [-0.25, -0.2) is 0 Å². The lowest BCUT2D eigenvalue weighted by Gasteiger charge is -2.60. The van der Waals surface area contributed by atoms with E-state index in [1.54, 1.807) is 0 Å². The normalized spacial score (nSPS) is 59.5. The summed E-state index contributed by atoms with van der Waals surface area (Å²) in [6, 6.07) is 0. The molecule has 6 rings (SSSR count). The Hall–Kier alpha value is -0.780. The minimum absolute atomic E-state index is 0.0175. The zero-order chi connectivity index (χ0) is 22.6. The molecular formula is C27H40O5. The van der Waals surface area contributed by atoms with Crippen molar-refractivity contribution in [3.05, 3.63) is 0 Å². The molecule has 4 saturated carbocycles. The second-order valence-corrected chi connectivity index (χ2v) is 12.9. The molecule has 1 N–H and O–H groups in total. The number of ether oxygens (including phenoxy) is 2. The second kappa shape index (κ2) is 6.88. The topological polar surface area (TPSA) is 72.8 Å². The summed E-state index contributed by atoms with van der Waals surface area (Å²) >= 11 is 0. The maximum Gasteiger partial charge on any atom is 0.171 e. The Labute approximate surface area is 192 Å². The van der Waals surface area contributed by atoms with E-state index in [4.69, 9.17) is 9.47 Å². The van der Waals surface area contributed by atoms with Gasteiger partial charge >= 0.3 is 0 Å². The molecule has 2 heterocycles. The average Bonchev–Trinajstić information content (AvgIpc) is 3.19. The zero-order valence-corrected chi connectivity index (χ0v) is 20.1. The van der Waals surface area contributed by atoms with Gasteiger partial charge in [-0.1, -0.05) is 27.7 Å². The molecule has 1 spiro atoms. The van der Waals surface area contributed by atoms with E-state index in [9.17, 15) is 14.7 Å². The Balaban J connectivity index is 1.31. The highest BCUT2D eigenvalue weighted by molar-refractivity contribution is 5.88. The number of ketones is 2. The summed E-state index contributed by atoms with van der Waals surface area (Å²) in [5.74, 6) is 2.35. The first-order valence-corrected chi connectivity index (χ1v) is 13.2. The summed E-state index contributed by atoms with van der Waals surface area (Å²) in [5.41, 5.74) is -0.493. The van der Waals surface area contributed by atoms with Crippen LogP contribution in [0.15, 0.2) is 0 Å². The first-order valence-electron chi connectivity index (χ1n) is 13.2. The predicted molar refractivity (Wildman–Crippen MR) is 119 cm³/mol. The van der Waals surface area contributed by atoms with E-state index in [0.29, 0.717) is 48.7 Å².